The van der Waals surface area contributed by atoms with Gasteiger partial charge >= 0.3 is 6.18 Å². The number of benzene rings is 2. The third-order valence-electron chi connectivity index (χ3n) is 4.73. The molecule has 26 heavy (non-hydrogen) atoms. The van der Waals surface area contributed by atoms with Crippen molar-refractivity contribution < 1.29 is 13.2 Å². The zero-order chi connectivity index (χ0) is 18.5. The number of alkyl halides is 3. The Labute approximate surface area is 147 Å². The van der Waals surface area contributed by atoms with Gasteiger partial charge in [-0.15, -0.1) is 0 Å². The van der Waals surface area contributed by atoms with Crippen LogP contribution in [0.15, 0.2) is 47.3 Å². The molecule has 0 amide bonds. The summed E-state index contributed by atoms with van der Waals surface area (Å²) in [6.45, 7) is 1.41. The minimum absolute atomic E-state index is 0.164. The van der Waals surface area contributed by atoms with Crippen LogP contribution in [0.4, 0.5) is 18.9 Å². The molecule has 4 nitrogen and oxygen atoms in total. The topological polar surface area (TPSA) is 60.1 Å². The minimum Gasteiger partial charge on any atom is -0.398 e. The van der Waals surface area contributed by atoms with E-state index in [2.05, 4.69) is 5.32 Å². The second-order valence-electron chi connectivity index (χ2n) is 6.34. The quantitative estimate of drug-likeness (QED) is 0.701. The van der Waals surface area contributed by atoms with Gasteiger partial charge in [-0.2, -0.15) is 13.2 Å². The van der Waals surface area contributed by atoms with Gasteiger partial charge in [-0.05, 0) is 42.3 Å². The Kier molecular flexibility index (Phi) is 3.77. The predicted octanol–water partition coefficient (Wildman–Crippen LogP) is 3.24. The summed E-state index contributed by atoms with van der Waals surface area (Å²) in [5.41, 5.74) is 7.59. The predicted molar refractivity (Wildman–Crippen MR) is 94.4 cm³/mol. The van der Waals surface area contributed by atoms with E-state index in [0.717, 1.165) is 29.8 Å². The van der Waals surface area contributed by atoms with E-state index < -0.39 is 17.3 Å². The van der Waals surface area contributed by atoms with Crippen LogP contribution in [0, 0.1) is 0 Å². The summed E-state index contributed by atoms with van der Waals surface area (Å²) in [6.07, 6.45) is -3.80. The van der Waals surface area contributed by atoms with Gasteiger partial charge in [-0.3, -0.25) is 9.36 Å². The van der Waals surface area contributed by atoms with Crippen molar-refractivity contribution in [3.05, 3.63) is 69.5 Å². The first-order valence-electron chi connectivity index (χ1n) is 8.20. The number of pyridine rings is 1. The molecule has 0 atom stereocenters. The second-order valence-corrected chi connectivity index (χ2v) is 6.34. The van der Waals surface area contributed by atoms with Gasteiger partial charge in [-0.1, -0.05) is 18.2 Å². The molecule has 134 valence electrons. The molecule has 7 heteroatoms. The fraction of sp³-hybridized carbons (Fsp3) is 0.211. The second kappa shape index (κ2) is 5.88. The van der Waals surface area contributed by atoms with E-state index in [1.807, 2.05) is 12.1 Å². The highest BCUT2D eigenvalue weighted by molar-refractivity contribution is 5.92. The van der Waals surface area contributed by atoms with Crippen LogP contribution in [0.5, 0.6) is 0 Å². The molecule has 4 rings (SSSR count). The maximum atomic E-state index is 13.2. The van der Waals surface area contributed by atoms with E-state index in [4.69, 9.17) is 5.73 Å². The summed E-state index contributed by atoms with van der Waals surface area (Å²) in [6, 6.07) is 10.1. The summed E-state index contributed by atoms with van der Waals surface area (Å²) in [4.78, 5) is 12.7. The average molecular weight is 359 g/mol. The smallest absolute Gasteiger partial charge is 0.398 e. The largest absolute Gasteiger partial charge is 0.416 e. The molecule has 0 aliphatic carbocycles. The maximum absolute atomic E-state index is 13.2. The molecule has 3 N–H and O–H groups in total. The lowest BCUT2D eigenvalue weighted by atomic mass is 9.98. The highest BCUT2D eigenvalue weighted by Gasteiger charge is 2.31. The van der Waals surface area contributed by atoms with Crippen LogP contribution >= 0.6 is 0 Å². The third-order valence-corrected chi connectivity index (χ3v) is 4.73. The van der Waals surface area contributed by atoms with E-state index in [1.54, 1.807) is 6.07 Å². The lowest BCUT2D eigenvalue weighted by Gasteiger charge is -2.22. The highest BCUT2D eigenvalue weighted by Crippen LogP contribution is 2.33. The van der Waals surface area contributed by atoms with E-state index in [-0.39, 0.29) is 11.2 Å². The van der Waals surface area contributed by atoms with Crippen molar-refractivity contribution in [1.29, 1.82) is 0 Å². The zero-order valence-electron chi connectivity index (χ0n) is 13.7. The van der Waals surface area contributed by atoms with Gasteiger partial charge in [0.15, 0.2) is 0 Å². The number of nitrogen functional groups attached to an aromatic ring is 1. The van der Waals surface area contributed by atoms with E-state index in [0.29, 0.717) is 24.0 Å². The van der Waals surface area contributed by atoms with Gasteiger partial charge in [0.05, 0.1) is 16.8 Å². The summed E-state index contributed by atoms with van der Waals surface area (Å²) < 4.78 is 40.9. The molecule has 1 aliphatic heterocycles. The van der Waals surface area contributed by atoms with Crippen molar-refractivity contribution in [2.75, 3.05) is 12.3 Å². The first-order chi connectivity index (χ1) is 12.4. The summed E-state index contributed by atoms with van der Waals surface area (Å²) in [7, 11) is 0. The Morgan fingerprint density at radius 1 is 1.12 bits per heavy atom. The fourth-order valence-corrected chi connectivity index (χ4v) is 3.50. The Bertz CT molecular complexity index is 1070. The van der Waals surface area contributed by atoms with Gasteiger partial charge in [0.1, 0.15) is 0 Å². The maximum Gasteiger partial charge on any atom is 0.416 e. The van der Waals surface area contributed by atoms with E-state index >= 15 is 0 Å². The van der Waals surface area contributed by atoms with Crippen LogP contribution in [0.25, 0.3) is 16.6 Å². The molecule has 0 fully saturated rings. The van der Waals surface area contributed by atoms with E-state index in [1.165, 1.54) is 16.7 Å². The fourth-order valence-electron chi connectivity index (χ4n) is 3.50. The normalized spacial score (nSPS) is 14.4. The van der Waals surface area contributed by atoms with Crippen molar-refractivity contribution in [2.24, 2.45) is 0 Å². The van der Waals surface area contributed by atoms with Gasteiger partial charge < -0.3 is 11.1 Å². The zero-order valence-corrected chi connectivity index (χ0v) is 13.7. The van der Waals surface area contributed by atoms with Crippen LogP contribution < -0.4 is 16.6 Å². The number of aromatic nitrogens is 1. The van der Waals surface area contributed by atoms with Gasteiger partial charge in [0.2, 0.25) is 0 Å². The first-order valence-corrected chi connectivity index (χ1v) is 8.20. The van der Waals surface area contributed by atoms with Crippen molar-refractivity contribution in [1.82, 2.24) is 9.88 Å². The third kappa shape index (κ3) is 2.64. The SMILES string of the molecule is Nc1cc(=O)n(-c2cccc3c2CCNC3)c2cc(C(F)(F)F)ccc12. The number of hydrogen-bond donors (Lipinski definition) is 2. The molecule has 1 aliphatic rings. The lowest BCUT2D eigenvalue weighted by molar-refractivity contribution is -0.137. The molecule has 2 aromatic carbocycles. The first kappa shape index (κ1) is 16.7. The van der Waals surface area contributed by atoms with Crippen molar-refractivity contribution in [2.45, 2.75) is 19.1 Å². The Hall–Kier alpha value is -2.80. The lowest BCUT2D eigenvalue weighted by Crippen LogP contribution is -2.27. The van der Waals surface area contributed by atoms with E-state index in [9.17, 15) is 18.0 Å². The molecule has 1 aromatic heterocycles. The Balaban J connectivity index is 2.08. The van der Waals surface area contributed by atoms with Crippen molar-refractivity contribution in [3.8, 4) is 5.69 Å². The molecule has 0 unspecified atom stereocenters. The molecular formula is C19H16F3N3O. The number of nitrogens with zero attached hydrogens (tertiary/aromatic N) is 1. The standard InChI is InChI=1S/C19H16F3N3O/c20-19(21,22)12-4-5-14-15(23)9-18(26)25(17(14)8-12)16-3-1-2-11-10-24-7-6-13(11)16/h1-5,8-9,24H,6-7,10,23H2. The van der Waals surface area contributed by atoms with Crippen LogP contribution in [0.2, 0.25) is 0 Å². The molecule has 0 saturated heterocycles. The number of halogens is 3. The van der Waals surface area contributed by atoms with Crippen LogP contribution in [-0.4, -0.2) is 11.1 Å². The van der Waals surface area contributed by atoms with Crippen LogP contribution in [0.1, 0.15) is 16.7 Å². The minimum atomic E-state index is -4.50. The molecule has 3 aromatic rings. The van der Waals surface area contributed by atoms with Crippen molar-refractivity contribution in [3.63, 3.8) is 0 Å². The van der Waals surface area contributed by atoms with Gasteiger partial charge in [0.25, 0.3) is 5.56 Å². The van der Waals surface area contributed by atoms with Crippen LogP contribution in [0.3, 0.4) is 0 Å². The molecule has 0 spiro atoms. The number of hydrogen-bond acceptors (Lipinski definition) is 3. The summed E-state index contributed by atoms with van der Waals surface area (Å²) in [5.74, 6) is 0. The van der Waals surface area contributed by atoms with Gasteiger partial charge in [0, 0.05) is 23.7 Å². The monoisotopic (exact) mass is 359 g/mol. The highest BCUT2D eigenvalue weighted by atomic mass is 19.4. The Morgan fingerprint density at radius 3 is 2.69 bits per heavy atom. The summed E-state index contributed by atoms with van der Waals surface area (Å²) >= 11 is 0. The molecule has 0 saturated carbocycles. The average Bonchev–Trinajstić information content (AvgIpc) is 2.60. The number of anilines is 1. The van der Waals surface area contributed by atoms with Gasteiger partial charge in [-0.25, -0.2) is 0 Å². The molecule has 2 heterocycles. The van der Waals surface area contributed by atoms with Crippen LogP contribution in [-0.2, 0) is 19.1 Å². The molecular weight excluding hydrogens is 343 g/mol. The Morgan fingerprint density at radius 2 is 1.92 bits per heavy atom. The number of fused-ring (bicyclic) bond motifs is 2. The number of nitrogens with one attached hydrogen (secondary N) is 1. The molecule has 0 radical (unpaired) electrons. The summed E-state index contributed by atoms with van der Waals surface area (Å²) in [5, 5.41) is 3.67. The van der Waals surface area contributed by atoms with Crippen molar-refractivity contribution >= 4 is 16.6 Å². The number of rotatable bonds is 1. The molecule has 0 bridgehead atoms. The number of nitrogens with two attached hydrogens (primary N) is 1.